The summed E-state index contributed by atoms with van der Waals surface area (Å²) in [6.45, 7) is 5.89. The van der Waals surface area contributed by atoms with E-state index in [0.717, 1.165) is 31.5 Å². The molecule has 1 aromatic rings. The predicted molar refractivity (Wildman–Crippen MR) is 87.2 cm³/mol. The maximum atomic E-state index is 12.8. The number of amides is 1. The third kappa shape index (κ3) is 2.79. The van der Waals surface area contributed by atoms with Crippen LogP contribution in [0.2, 0.25) is 0 Å². The third-order valence-corrected chi connectivity index (χ3v) is 4.72. The number of carbonyl (C=O) groups is 1. The second-order valence-corrected chi connectivity index (χ2v) is 6.68. The Hall–Kier alpha value is -2.06. The van der Waals surface area contributed by atoms with Crippen molar-refractivity contribution in [2.45, 2.75) is 44.9 Å². The molecule has 1 amide bonds. The number of hydrogen-bond acceptors (Lipinski definition) is 4. The molecule has 2 aliphatic heterocycles. The normalized spacial score (nSPS) is 22.3. The van der Waals surface area contributed by atoms with Crippen molar-refractivity contribution in [2.24, 2.45) is 0 Å². The van der Waals surface area contributed by atoms with Gasteiger partial charge in [0.15, 0.2) is 0 Å². The van der Waals surface area contributed by atoms with Crippen molar-refractivity contribution < 1.29 is 9.53 Å². The highest BCUT2D eigenvalue weighted by Crippen LogP contribution is 2.40. The molecule has 1 fully saturated rings. The molecule has 0 bridgehead atoms. The van der Waals surface area contributed by atoms with Gasteiger partial charge in [0.2, 0.25) is 0 Å². The molecule has 122 valence electrons. The lowest BCUT2D eigenvalue weighted by molar-refractivity contribution is 0.0694. The Morgan fingerprint density at radius 2 is 2.00 bits per heavy atom. The number of hydrogen-bond donors (Lipinski definition) is 0. The van der Waals surface area contributed by atoms with Crippen LogP contribution in [0.4, 0.5) is 0 Å². The van der Waals surface area contributed by atoms with E-state index in [1.807, 2.05) is 32.0 Å². The van der Waals surface area contributed by atoms with Gasteiger partial charge in [0.25, 0.3) is 5.91 Å². The Kier molecular flexibility index (Phi) is 4.27. The molecule has 0 aromatic heterocycles. The first kappa shape index (κ1) is 15.8. The molecule has 0 spiro atoms. The Labute approximate surface area is 137 Å². The maximum absolute atomic E-state index is 12.8. The summed E-state index contributed by atoms with van der Waals surface area (Å²) in [4.78, 5) is 16.7. The zero-order valence-electron chi connectivity index (χ0n) is 14.0. The summed E-state index contributed by atoms with van der Waals surface area (Å²) in [5, 5.41) is 9.50. The highest BCUT2D eigenvalue weighted by molar-refractivity contribution is 6.02. The van der Waals surface area contributed by atoms with E-state index in [9.17, 15) is 10.1 Å². The van der Waals surface area contributed by atoms with Crippen molar-refractivity contribution in [1.29, 1.82) is 5.26 Å². The summed E-state index contributed by atoms with van der Waals surface area (Å²) in [6.07, 6.45) is 2.06. The lowest BCUT2D eigenvalue weighted by Gasteiger charge is -2.29. The van der Waals surface area contributed by atoms with E-state index in [1.165, 1.54) is 0 Å². The quantitative estimate of drug-likeness (QED) is 0.860. The van der Waals surface area contributed by atoms with Gasteiger partial charge in [0.1, 0.15) is 17.9 Å². The summed E-state index contributed by atoms with van der Waals surface area (Å²) in [5.41, 5.74) is 1.35. The fourth-order valence-corrected chi connectivity index (χ4v) is 3.45. The van der Waals surface area contributed by atoms with Crippen LogP contribution in [0, 0.1) is 11.3 Å². The van der Waals surface area contributed by atoms with Gasteiger partial charge in [-0.25, -0.2) is 0 Å². The number of fused-ring (bicyclic) bond motifs is 1. The van der Waals surface area contributed by atoms with Crippen molar-refractivity contribution >= 4 is 5.91 Å². The molecule has 0 N–H and O–H groups in total. The van der Waals surface area contributed by atoms with Crippen LogP contribution in [0.3, 0.4) is 0 Å². The topological polar surface area (TPSA) is 56.6 Å². The number of benzene rings is 1. The number of rotatable bonds is 3. The zero-order chi connectivity index (χ0) is 16.6. The monoisotopic (exact) mass is 313 g/mol. The van der Waals surface area contributed by atoms with Gasteiger partial charge in [-0.1, -0.05) is 12.1 Å². The highest BCUT2D eigenvalue weighted by Gasteiger charge is 2.40. The number of piperidine rings is 1. The molecule has 0 aliphatic carbocycles. The number of nitriles is 1. The van der Waals surface area contributed by atoms with Gasteiger partial charge in [-0.05, 0) is 39.8 Å². The number of carbonyl (C=O) groups excluding carboxylic acids is 1. The standard InChI is InChI=1S/C18H23N3O2/c1-12(2)21-15(11-19)14-5-4-6-16(17(14)18(21)22)23-13-7-9-20(3)10-8-13/h4-6,12-13,15H,7-10H2,1-3H3. The molecule has 2 aliphatic rings. The molecule has 23 heavy (non-hydrogen) atoms. The molecular weight excluding hydrogens is 290 g/mol. The van der Waals surface area contributed by atoms with Crippen LogP contribution in [-0.2, 0) is 0 Å². The van der Waals surface area contributed by atoms with Crippen LogP contribution in [0.15, 0.2) is 18.2 Å². The van der Waals surface area contributed by atoms with E-state index in [-0.39, 0.29) is 18.1 Å². The lowest BCUT2D eigenvalue weighted by Crippen LogP contribution is -2.36. The van der Waals surface area contributed by atoms with Gasteiger partial charge in [0, 0.05) is 24.7 Å². The first-order valence-electron chi connectivity index (χ1n) is 8.23. The smallest absolute Gasteiger partial charge is 0.259 e. The van der Waals surface area contributed by atoms with E-state index in [0.29, 0.717) is 11.3 Å². The minimum Gasteiger partial charge on any atom is -0.489 e. The number of ether oxygens (including phenoxy) is 1. The molecule has 3 rings (SSSR count). The first-order valence-corrected chi connectivity index (χ1v) is 8.23. The van der Waals surface area contributed by atoms with E-state index < -0.39 is 6.04 Å². The van der Waals surface area contributed by atoms with Crippen molar-refractivity contribution in [2.75, 3.05) is 20.1 Å². The highest BCUT2D eigenvalue weighted by atomic mass is 16.5. The van der Waals surface area contributed by atoms with Crippen LogP contribution in [0.5, 0.6) is 5.75 Å². The van der Waals surface area contributed by atoms with E-state index in [2.05, 4.69) is 18.0 Å². The second kappa shape index (κ2) is 6.21. The Morgan fingerprint density at radius 3 is 2.61 bits per heavy atom. The lowest BCUT2D eigenvalue weighted by atomic mass is 10.0. The molecule has 1 saturated heterocycles. The summed E-state index contributed by atoms with van der Waals surface area (Å²) < 4.78 is 6.15. The largest absolute Gasteiger partial charge is 0.489 e. The van der Waals surface area contributed by atoms with Crippen molar-refractivity contribution in [1.82, 2.24) is 9.80 Å². The van der Waals surface area contributed by atoms with E-state index in [4.69, 9.17) is 4.74 Å². The van der Waals surface area contributed by atoms with Crippen LogP contribution in [0.1, 0.15) is 48.7 Å². The number of likely N-dealkylation sites (tertiary alicyclic amines) is 1. The third-order valence-electron chi connectivity index (χ3n) is 4.72. The van der Waals surface area contributed by atoms with Crippen molar-refractivity contribution in [3.8, 4) is 11.8 Å². The summed E-state index contributed by atoms with van der Waals surface area (Å²) in [6, 6.07) is 7.33. The second-order valence-electron chi connectivity index (χ2n) is 6.68. The molecular formula is C18H23N3O2. The zero-order valence-corrected chi connectivity index (χ0v) is 14.0. The fourth-order valence-electron chi connectivity index (χ4n) is 3.45. The Bertz CT molecular complexity index is 642. The number of nitrogens with zero attached hydrogens (tertiary/aromatic N) is 3. The first-order chi connectivity index (χ1) is 11.0. The summed E-state index contributed by atoms with van der Waals surface area (Å²) in [5.74, 6) is 0.538. The van der Waals surface area contributed by atoms with Crippen LogP contribution >= 0.6 is 0 Å². The minimum absolute atomic E-state index is 0.0178. The van der Waals surface area contributed by atoms with Gasteiger partial charge in [-0.2, -0.15) is 5.26 Å². The fraction of sp³-hybridized carbons (Fsp3) is 0.556. The van der Waals surface area contributed by atoms with E-state index >= 15 is 0 Å². The van der Waals surface area contributed by atoms with Crippen LogP contribution in [-0.4, -0.2) is 48.0 Å². The molecule has 1 unspecified atom stereocenters. The molecule has 1 atom stereocenters. The minimum atomic E-state index is -0.515. The Morgan fingerprint density at radius 1 is 1.30 bits per heavy atom. The summed E-state index contributed by atoms with van der Waals surface area (Å²) in [7, 11) is 2.11. The van der Waals surface area contributed by atoms with Gasteiger partial charge < -0.3 is 14.5 Å². The maximum Gasteiger partial charge on any atom is 0.259 e. The van der Waals surface area contributed by atoms with Gasteiger partial charge in [-0.3, -0.25) is 4.79 Å². The average molecular weight is 313 g/mol. The SMILES string of the molecule is CC(C)N1C(=O)c2c(OC3CCN(C)CC3)cccc2C1C#N. The van der Waals surface area contributed by atoms with Gasteiger partial charge in [-0.15, -0.1) is 0 Å². The Balaban J connectivity index is 1.90. The predicted octanol–water partition coefficient (Wildman–Crippen LogP) is 2.59. The van der Waals surface area contributed by atoms with Gasteiger partial charge >= 0.3 is 0 Å². The molecule has 2 heterocycles. The van der Waals surface area contributed by atoms with Crippen molar-refractivity contribution in [3.63, 3.8) is 0 Å². The summed E-state index contributed by atoms with van der Waals surface area (Å²) >= 11 is 0. The van der Waals surface area contributed by atoms with E-state index in [1.54, 1.807) is 4.90 Å². The molecule has 5 nitrogen and oxygen atoms in total. The molecule has 1 aromatic carbocycles. The molecule has 0 radical (unpaired) electrons. The average Bonchev–Trinajstić information content (AvgIpc) is 2.83. The molecule has 0 saturated carbocycles. The van der Waals surface area contributed by atoms with Gasteiger partial charge in [0.05, 0.1) is 11.6 Å². The van der Waals surface area contributed by atoms with Crippen molar-refractivity contribution in [3.05, 3.63) is 29.3 Å². The van der Waals surface area contributed by atoms with Crippen LogP contribution in [0.25, 0.3) is 0 Å². The van der Waals surface area contributed by atoms with Crippen LogP contribution < -0.4 is 4.74 Å². The molecule has 5 heteroatoms.